The molecule has 2 rings (SSSR count). The zero-order valence-electron chi connectivity index (χ0n) is 11.1. The molecule has 0 aromatic heterocycles. The van der Waals surface area contributed by atoms with E-state index in [0.29, 0.717) is 5.41 Å². The van der Waals surface area contributed by atoms with E-state index >= 15 is 0 Å². The van der Waals surface area contributed by atoms with Crippen LogP contribution in [0.5, 0.6) is 0 Å². The molecule has 1 aliphatic carbocycles. The van der Waals surface area contributed by atoms with E-state index in [4.69, 9.17) is 5.73 Å². The van der Waals surface area contributed by atoms with Crippen molar-refractivity contribution in [3.05, 3.63) is 35.4 Å². The Morgan fingerprint density at radius 3 is 2.41 bits per heavy atom. The maximum absolute atomic E-state index is 5.81. The zero-order chi connectivity index (χ0) is 12.3. The molecular weight excluding hydrogens is 208 g/mol. The van der Waals surface area contributed by atoms with Gasteiger partial charge in [0, 0.05) is 13.1 Å². The lowest BCUT2D eigenvalue weighted by Crippen LogP contribution is -2.32. The Morgan fingerprint density at radius 2 is 1.88 bits per heavy atom. The molecule has 1 aromatic carbocycles. The summed E-state index contributed by atoms with van der Waals surface area (Å²) in [6, 6.07) is 8.85. The van der Waals surface area contributed by atoms with Gasteiger partial charge >= 0.3 is 0 Å². The van der Waals surface area contributed by atoms with Gasteiger partial charge in [0.05, 0.1) is 0 Å². The van der Waals surface area contributed by atoms with Crippen molar-refractivity contribution in [1.29, 1.82) is 0 Å². The molecule has 0 atom stereocenters. The van der Waals surface area contributed by atoms with E-state index in [-0.39, 0.29) is 0 Å². The van der Waals surface area contributed by atoms with Crippen molar-refractivity contribution in [2.75, 3.05) is 26.7 Å². The standard InChI is InChI=1S/C15H24N2/c1-13-3-5-14(6-4-13)7-10-17(2)12-15(11-16)8-9-15/h3-6H,7-12,16H2,1-2H3. The van der Waals surface area contributed by atoms with Crippen LogP contribution in [-0.4, -0.2) is 31.6 Å². The summed E-state index contributed by atoms with van der Waals surface area (Å²) in [6.07, 6.45) is 3.77. The highest BCUT2D eigenvalue weighted by molar-refractivity contribution is 5.21. The second-order valence-electron chi connectivity index (χ2n) is 5.68. The Hall–Kier alpha value is -0.860. The van der Waals surface area contributed by atoms with Gasteiger partial charge in [0.25, 0.3) is 0 Å². The van der Waals surface area contributed by atoms with Gasteiger partial charge in [-0.15, -0.1) is 0 Å². The third kappa shape index (κ3) is 3.55. The van der Waals surface area contributed by atoms with Crippen molar-refractivity contribution >= 4 is 0 Å². The molecule has 1 aromatic rings. The molecule has 17 heavy (non-hydrogen) atoms. The lowest BCUT2D eigenvalue weighted by molar-refractivity contribution is 0.269. The quantitative estimate of drug-likeness (QED) is 0.815. The van der Waals surface area contributed by atoms with Gasteiger partial charge in [-0.3, -0.25) is 0 Å². The highest BCUT2D eigenvalue weighted by atomic mass is 15.1. The van der Waals surface area contributed by atoms with Crippen molar-refractivity contribution in [2.45, 2.75) is 26.2 Å². The Kier molecular flexibility index (Phi) is 3.85. The first-order chi connectivity index (χ1) is 8.13. The average molecular weight is 232 g/mol. The number of hydrogen-bond acceptors (Lipinski definition) is 2. The van der Waals surface area contributed by atoms with E-state index in [0.717, 1.165) is 26.1 Å². The van der Waals surface area contributed by atoms with Crippen LogP contribution in [-0.2, 0) is 6.42 Å². The van der Waals surface area contributed by atoms with E-state index in [1.54, 1.807) is 0 Å². The fourth-order valence-corrected chi connectivity index (χ4v) is 2.33. The highest BCUT2D eigenvalue weighted by Gasteiger charge is 2.41. The van der Waals surface area contributed by atoms with Crippen LogP contribution >= 0.6 is 0 Å². The summed E-state index contributed by atoms with van der Waals surface area (Å²) in [5.41, 5.74) is 9.04. The molecule has 0 amide bonds. The molecule has 2 heteroatoms. The van der Waals surface area contributed by atoms with E-state index in [9.17, 15) is 0 Å². The van der Waals surface area contributed by atoms with E-state index in [1.807, 2.05) is 0 Å². The molecule has 2 nitrogen and oxygen atoms in total. The summed E-state index contributed by atoms with van der Waals surface area (Å²) in [5.74, 6) is 0. The van der Waals surface area contributed by atoms with Crippen molar-refractivity contribution in [3.63, 3.8) is 0 Å². The Labute approximate surface area is 105 Å². The predicted molar refractivity (Wildman–Crippen MR) is 73.1 cm³/mol. The van der Waals surface area contributed by atoms with Gasteiger partial charge in [0.1, 0.15) is 0 Å². The van der Waals surface area contributed by atoms with Crippen LogP contribution in [0.15, 0.2) is 24.3 Å². The summed E-state index contributed by atoms with van der Waals surface area (Å²) < 4.78 is 0. The number of rotatable bonds is 6. The number of nitrogens with two attached hydrogens (primary N) is 1. The van der Waals surface area contributed by atoms with Gasteiger partial charge in [0.2, 0.25) is 0 Å². The minimum atomic E-state index is 0.460. The first kappa shape index (κ1) is 12.6. The second kappa shape index (κ2) is 5.19. The first-order valence-corrected chi connectivity index (χ1v) is 6.58. The maximum atomic E-state index is 5.81. The van der Waals surface area contributed by atoms with Gasteiger partial charge in [-0.2, -0.15) is 0 Å². The molecule has 1 aliphatic rings. The van der Waals surface area contributed by atoms with Crippen LogP contribution in [0, 0.1) is 12.3 Å². The van der Waals surface area contributed by atoms with E-state index in [2.05, 4.69) is 43.1 Å². The highest BCUT2D eigenvalue weighted by Crippen LogP contribution is 2.44. The van der Waals surface area contributed by atoms with Crippen LogP contribution in [0.3, 0.4) is 0 Å². The van der Waals surface area contributed by atoms with Gasteiger partial charge in [-0.25, -0.2) is 0 Å². The Bertz CT molecular complexity index is 352. The molecule has 1 fully saturated rings. The van der Waals surface area contributed by atoms with E-state index in [1.165, 1.54) is 24.0 Å². The van der Waals surface area contributed by atoms with Gasteiger partial charge in [-0.1, -0.05) is 29.8 Å². The van der Waals surface area contributed by atoms with Gasteiger partial charge in [-0.05, 0) is 50.8 Å². The third-order valence-electron chi connectivity index (χ3n) is 3.90. The summed E-state index contributed by atoms with van der Waals surface area (Å²) in [4.78, 5) is 2.43. The van der Waals surface area contributed by atoms with Crippen molar-refractivity contribution in [3.8, 4) is 0 Å². The summed E-state index contributed by atoms with van der Waals surface area (Å²) >= 11 is 0. The molecule has 0 spiro atoms. The monoisotopic (exact) mass is 232 g/mol. The maximum Gasteiger partial charge on any atom is 0.00471 e. The van der Waals surface area contributed by atoms with Crippen LogP contribution in [0.25, 0.3) is 0 Å². The van der Waals surface area contributed by atoms with Crippen molar-refractivity contribution < 1.29 is 0 Å². The smallest absolute Gasteiger partial charge is 0.00471 e. The van der Waals surface area contributed by atoms with Crippen LogP contribution in [0.1, 0.15) is 24.0 Å². The van der Waals surface area contributed by atoms with Crippen LogP contribution in [0.2, 0.25) is 0 Å². The first-order valence-electron chi connectivity index (χ1n) is 6.58. The number of benzene rings is 1. The normalized spacial score (nSPS) is 17.4. The zero-order valence-corrected chi connectivity index (χ0v) is 11.1. The lowest BCUT2D eigenvalue weighted by Gasteiger charge is -2.22. The number of nitrogens with zero attached hydrogens (tertiary/aromatic N) is 1. The number of aryl methyl sites for hydroxylation is 1. The van der Waals surface area contributed by atoms with Gasteiger partial charge < -0.3 is 10.6 Å². The SMILES string of the molecule is Cc1ccc(CCN(C)CC2(CN)CC2)cc1. The minimum absolute atomic E-state index is 0.460. The van der Waals surface area contributed by atoms with Crippen LogP contribution < -0.4 is 5.73 Å². The number of hydrogen-bond donors (Lipinski definition) is 1. The van der Waals surface area contributed by atoms with E-state index < -0.39 is 0 Å². The molecular formula is C15H24N2. The molecule has 0 bridgehead atoms. The Morgan fingerprint density at radius 1 is 1.24 bits per heavy atom. The second-order valence-corrected chi connectivity index (χ2v) is 5.68. The topological polar surface area (TPSA) is 29.3 Å². The minimum Gasteiger partial charge on any atom is -0.330 e. The molecule has 0 heterocycles. The molecule has 2 N–H and O–H groups in total. The predicted octanol–water partition coefficient (Wildman–Crippen LogP) is 2.21. The molecule has 0 aliphatic heterocycles. The average Bonchev–Trinajstić information content (AvgIpc) is 3.09. The number of likely N-dealkylation sites (N-methyl/N-ethyl adjacent to an activating group) is 1. The largest absolute Gasteiger partial charge is 0.330 e. The molecule has 94 valence electrons. The summed E-state index contributed by atoms with van der Waals surface area (Å²) in [6.45, 7) is 5.27. The molecule has 0 radical (unpaired) electrons. The van der Waals surface area contributed by atoms with Gasteiger partial charge in [0.15, 0.2) is 0 Å². The summed E-state index contributed by atoms with van der Waals surface area (Å²) in [5, 5.41) is 0. The fraction of sp³-hybridized carbons (Fsp3) is 0.600. The molecule has 1 saturated carbocycles. The summed E-state index contributed by atoms with van der Waals surface area (Å²) in [7, 11) is 2.21. The van der Waals surface area contributed by atoms with Crippen LogP contribution in [0.4, 0.5) is 0 Å². The lowest BCUT2D eigenvalue weighted by atomic mass is 10.1. The van der Waals surface area contributed by atoms with Crippen molar-refractivity contribution in [1.82, 2.24) is 4.90 Å². The Balaban J connectivity index is 1.76. The fourth-order valence-electron chi connectivity index (χ4n) is 2.33. The third-order valence-corrected chi connectivity index (χ3v) is 3.90. The molecule has 0 unspecified atom stereocenters. The van der Waals surface area contributed by atoms with Crippen molar-refractivity contribution in [2.24, 2.45) is 11.1 Å². The molecule has 0 saturated heterocycles.